The predicted octanol–water partition coefficient (Wildman–Crippen LogP) is 1.89. The van der Waals surface area contributed by atoms with E-state index in [4.69, 9.17) is 0 Å². The number of nitrogens with zero attached hydrogens (tertiary/aromatic N) is 5. The van der Waals surface area contributed by atoms with Crippen molar-refractivity contribution in [2.24, 2.45) is 0 Å². The number of halogens is 3. The van der Waals surface area contributed by atoms with Crippen LogP contribution in [0.25, 0.3) is 0 Å². The average Bonchev–Trinajstić information content (AvgIpc) is 3.40. The number of amides is 3. The lowest BCUT2D eigenvalue weighted by Gasteiger charge is -2.36. The van der Waals surface area contributed by atoms with Crippen molar-refractivity contribution in [1.82, 2.24) is 19.8 Å². The van der Waals surface area contributed by atoms with Gasteiger partial charge in [0, 0.05) is 31.4 Å². The molecule has 0 N–H and O–H groups in total. The fraction of sp³-hybridized carbons (Fsp3) is 0.625. The third kappa shape index (κ3) is 3.08. The highest BCUT2D eigenvalue weighted by molar-refractivity contribution is 6.02. The molecule has 2 saturated heterocycles. The number of rotatable bonds is 3. The molecule has 3 fully saturated rings. The van der Waals surface area contributed by atoms with E-state index >= 15 is 0 Å². The molecule has 0 radical (unpaired) electrons. The Morgan fingerprint density at radius 2 is 1.73 bits per heavy atom. The Balaban J connectivity index is 1.40. The van der Waals surface area contributed by atoms with E-state index in [0.29, 0.717) is 25.9 Å². The highest BCUT2D eigenvalue weighted by atomic mass is 19.4. The highest BCUT2D eigenvalue weighted by Gasteiger charge is 2.47. The molecule has 3 amide bonds. The van der Waals surface area contributed by atoms with Crippen molar-refractivity contribution in [2.75, 3.05) is 24.5 Å². The van der Waals surface area contributed by atoms with Crippen molar-refractivity contribution < 1.29 is 22.8 Å². The summed E-state index contributed by atoms with van der Waals surface area (Å²) in [6, 6.07) is 0.583. The van der Waals surface area contributed by atoms with Gasteiger partial charge in [-0.3, -0.25) is 9.69 Å². The molecule has 140 valence electrons. The molecule has 0 bridgehead atoms. The molecule has 3 heterocycles. The number of piperidine rings is 1. The molecule has 0 aromatic carbocycles. The summed E-state index contributed by atoms with van der Waals surface area (Å²) < 4.78 is 38.4. The van der Waals surface area contributed by atoms with Crippen molar-refractivity contribution in [3.05, 3.63) is 18.0 Å². The van der Waals surface area contributed by atoms with Crippen LogP contribution in [0, 0.1) is 0 Å². The molecule has 7 nitrogen and oxygen atoms in total. The summed E-state index contributed by atoms with van der Waals surface area (Å²) in [6.07, 6.45) is -0.528. The smallest absolute Gasteiger partial charge is 0.341 e. The summed E-state index contributed by atoms with van der Waals surface area (Å²) in [5.74, 6) is -0.108. The number of hydrogen-bond donors (Lipinski definition) is 0. The Morgan fingerprint density at radius 3 is 2.35 bits per heavy atom. The van der Waals surface area contributed by atoms with Gasteiger partial charge in [-0.25, -0.2) is 14.8 Å². The molecule has 1 aromatic rings. The van der Waals surface area contributed by atoms with E-state index in [-0.39, 0.29) is 36.5 Å². The maximum atomic E-state index is 12.8. The zero-order valence-corrected chi connectivity index (χ0v) is 13.9. The van der Waals surface area contributed by atoms with Crippen molar-refractivity contribution in [1.29, 1.82) is 0 Å². The molecule has 1 aliphatic carbocycles. The minimum absolute atomic E-state index is 0.0432. The maximum absolute atomic E-state index is 12.8. The van der Waals surface area contributed by atoms with Gasteiger partial charge in [0.2, 0.25) is 5.95 Å². The zero-order valence-electron chi connectivity index (χ0n) is 13.9. The van der Waals surface area contributed by atoms with Gasteiger partial charge >= 0.3 is 12.2 Å². The topological polar surface area (TPSA) is 69.6 Å². The van der Waals surface area contributed by atoms with Crippen LogP contribution in [0.2, 0.25) is 0 Å². The maximum Gasteiger partial charge on any atom is 0.433 e. The Morgan fingerprint density at radius 1 is 1.04 bits per heavy atom. The number of hydrogen-bond acceptors (Lipinski definition) is 5. The molecule has 4 rings (SSSR count). The summed E-state index contributed by atoms with van der Waals surface area (Å²) in [5, 5.41) is 0. The number of imide groups is 1. The van der Waals surface area contributed by atoms with Gasteiger partial charge in [-0.05, 0) is 31.7 Å². The first-order valence-electron chi connectivity index (χ1n) is 8.62. The van der Waals surface area contributed by atoms with Gasteiger partial charge in [0.1, 0.15) is 12.2 Å². The standard InChI is InChI=1S/C16H18F3N5O2/c17-16(18,19)12-3-6-20-14(21-12)22-7-4-10(5-8-22)23-9-13(25)24(15(23)26)11-1-2-11/h3,6,10-11H,1-2,4-5,7-9H2. The Hall–Kier alpha value is -2.39. The largest absolute Gasteiger partial charge is 0.433 e. The third-order valence-electron chi connectivity index (χ3n) is 5.06. The first-order valence-corrected chi connectivity index (χ1v) is 8.62. The zero-order chi connectivity index (χ0) is 18.5. The Kier molecular flexibility index (Phi) is 4.00. The van der Waals surface area contributed by atoms with Crippen molar-refractivity contribution in [3.8, 4) is 0 Å². The van der Waals surface area contributed by atoms with Crippen molar-refractivity contribution in [3.63, 3.8) is 0 Å². The Labute approximate surface area is 147 Å². The fourth-order valence-electron chi connectivity index (χ4n) is 3.55. The summed E-state index contributed by atoms with van der Waals surface area (Å²) in [6.45, 7) is 0.973. The third-order valence-corrected chi connectivity index (χ3v) is 5.06. The normalized spacial score (nSPS) is 22.5. The first-order chi connectivity index (χ1) is 12.3. The molecule has 26 heavy (non-hydrogen) atoms. The lowest BCUT2D eigenvalue weighted by molar-refractivity contribution is -0.141. The number of urea groups is 1. The fourth-order valence-corrected chi connectivity index (χ4v) is 3.55. The highest BCUT2D eigenvalue weighted by Crippen LogP contribution is 2.33. The lowest BCUT2D eigenvalue weighted by atomic mass is 10.0. The second kappa shape index (κ2) is 6.10. The number of carbonyl (C=O) groups excluding carboxylic acids is 2. The van der Waals surface area contributed by atoms with Gasteiger partial charge in [0.05, 0.1) is 0 Å². The summed E-state index contributed by atoms with van der Waals surface area (Å²) in [4.78, 5) is 36.7. The predicted molar refractivity (Wildman–Crippen MR) is 84.2 cm³/mol. The second-order valence-electron chi connectivity index (χ2n) is 6.86. The SMILES string of the molecule is O=C1CN(C2CCN(c3nccc(C(F)(F)F)n3)CC2)C(=O)N1C1CC1. The molecule has 1 saturated carbocycles. The molecule has 0 unspecified atom stereocenters. The Bertz CT molecular complexity index is 729. The van der Waals surface area contributed by atoms with Crippen LogP contribution >= 0.6 is 0 Å². The van der Waals surface area contributed by atoms with E-state index in [0.717, 1.165) is 25.1 Å². The van der Waals surface area contributed by atoms with Gasteiger partial charge in [0.25, 0.3) is 5.91 Å². The van der Waals surface area contributed by atoms with E-state index in [9.17, 15) is 22.8 Å². The lowest BCUT2D eigenvalue weighted by Crippen LogP contribution is -2.47. The van der Waals surface area contributed by atoms with Gasteiger partial charge in [-0.1, -0.05) is 0 Å². The van der Waals surface area contributed by atoms with Crippen LogP contribution < -0.4 is 4.90 Å². The van der Waals surface area contributed by atoms with Crippen LogP contribution in [0.1, 0.15) is 31.4 Å². The summed E-state index contributed by atoms with van der Waals surface area (Å²) in [7, 11) is 0. The van der Waals surface area contributed by atoms with E-state index in [2.05, 4.69) is 9.97 Å². The van der Waals surface area contributed by atoms with E-state index in [1.807, 2.05) is 0 Å². The van der Waals surface area contributed by atoms with Gasteiger partial charge in [-0.2, -0.15) is 13.2 Å². The van der Waals surface area contributed by atoms with Crippen LogP contribution in [-0.4, -0.2) is 63.4 Å². The monoisotopic (exact) mass is 369 g/mol. The van der Waals surface area contributed by atoms with Gasteiger partial charge in [-0.15, -0.1) is 0 Å². The number of anilines is 1. The molecular formula is C16H18F3N5O2. The summed E-state index contributed by atoms with van der Waals surface area (Å²) >= 11 is 0. The summed E-state index contributed by atoms with van der Waals surface area (Å²) in [5.41, 5.74) is -0.968. The van der Waals surface area contributed by atoms with Gasteiger partial charge < -0.3 is 9.80 Å². The van der Waals surface area contributed by atoms with Crippen molar-refractivity contribution in [2.45, 2.75) is 43.9 Å². The second-order valence-corrected chi connectivity index (χ2v) is 6.86. The van der Waals surface area contributed by atoms with Crippen LogP contribution in [0.3, 0.4) is 0 Å². The van der Waals surface area contributed by atoms with E-state index < -0.39 is 11.9 Å². The first kappa shape index (κ1) is 17.0. The number of alkyl halides is 3. The van der Waals surface area contributed by atoms with Crippen molar-refractivity contribution >= 4 is 17.9 Å². The number of carbonyl (C=O) groups is 2. The molecule has 10 heteroatoms. The molecule has 3 aliphatic rings. The van der Waals surface area contributed by atoms with Crippen LogP contribution in [-0.2, 0) is 11.0 Å². The van der Waals surface area contributed by atoms with Crippen LogP contribution in [0.15, 0.2) is 12.3 Å². The minimum Gasteiger partial charge on any atom is -0.341 e. The van der Waals surface area contributed by atoms with Crippen LogP contribution in [0.4, 0.5) is 23.9 Å². The molecule has 2 aliphatic heterocycles. The molecular weight excluding hydrogens is 351 g/mol. The number of aromatic nitrogens is 2. The minimum atomic E-state index is -4.51. The molecule has 0 atom stereocenters. The quantitative estimate of drug-likeness (QED) is 0.761. The molecule has 1 aromatic heterocycles. The van der Waals surface area contributed by atoms with E-state index in [1.165, 1.54) is 4.90 Å². The molecule has 0 spiro atoms. The average molecular weight is 369 g/mol. The van der Waals surface area contributed by atoms with E-state index in [1.54, 1.807) is 9.80 Å². The van der Waals surface area contributed by atoms with Crippen LogP contribution in [0.5, 0.6) is 0 Å². The van der Waals surface area contributed by atoms with Gasteiger partial charge in [0.15, 0.2) is 0 Å².